The highest BCUT2D eigenvalue weighted by molar-refractivity contribution is 9.10. The second-order valence-corrected chi connectivity index (χ2v) is 8.18. The van der Waals surface area contributed by atoms with Crippen LogP contribution in [0, 0.1) is 5.82 Å². The Morgan fingerprint density at radius 3 is 2.65 bits per heavy atom. The largest absolute Gasteiger partial charge is 0.470 e. The van der Waals surface area contributed by atoms with Crippen molar-refractivity contribution in [3.05, 3.63) is 70.2 Å². The first-order chi connectivity index (χ1) is 12.3. The van der Waals surface area contributed by atoms with Gasteiger partial charge in [-0.15, -0.1) is 0 Å². The van der Waals surface area contributed by atoms with E-state index >= 15 is 0 Å². The maximum absolute atomic E-state index is 13.0. The molecular formula is C16H12BrClFN3O3S. The van der Waals surface area contributed by atoms with Crippen LogP contribution < -0.4 is 9.46 Å². The molecule has 0 bridgehead atoms. The van der Waals surface area contributed by atoms with Crippen molar-refractivity contribution < 1.29 is 17.5 Å². The highest BCUT2D eigenvalue weighted by atomic mass is 79.9. The Kier molecular flexibility index (Phi) is 5.49. The lowest BCUT2D eigenvalue weighted by Gasteiger charge is -2.08. The maximum Gasteiger partial charge on any atom is 0.261 e. The SMILES string of the molecule is O=S(=O)(Nc1cnn(COc2ccc(F)cc2Cl)c1)c1ccc(Br)cc1. The third-order valence-electron chi connectivity index (χ3n) is 3.26. The van der Waals surface area contributed by atoms with Gasteiger partial charge < -0.3 is 4.74 Å². The van der Waals surface area contributed by atoms with Crippen molar-refractivity contribution in [2.24, 2.45) is 0 Å². The van der Waals surface area contributed by atoms with Crippen molar-refractivity contribution in [2.45, 2.75) is 11.6 Å². The first kappa shape index (κ1) is 18.7. The van der Waals surface area contributed by atoms with Crippen LogP contribution in [0.5, 0.6) is 5.75 Å². The lowest BCUT2D eigenvalue weighted by molar-refractivity contribution is 0.221. The molecule has 3 aromatic rings. The van der Waals surface area contributed by atoms with Crippen molar-refractivity contribution in [1.82, 2.24) is 9.78 Å². The second kappa shape index (κ2) is 7.65. The lowest BCUT2D eigenvalue weighted by Crippen LogP contribution is -2.12. The number of ether oxygens (including phenoxy) is 1. The van der Waals surface area contributed by atoms with Gasteiger partial charge in [0.25, 0.3) is 10.0 Å². The number of sulfonamides is 1. The molecule has 2 aromatic carbocycles. The predicted molar refractivity (Wildman–Crippen MR) is 99.2 cm³/mol. The number of hydrogen-bond acceptors (Lipinski definition) is 4. The Morgan fingerprint density at radius 1 is 1.23 bits per heavy atom. The van der Waals surface area contributed by atoms with E-state index in [1.54, 1.807) is 12.1 Å². The molecule has 0 aliphatic rings. The summed E-state index contributed by atoms with van der Waals surface area (Å²) in [6, 6.07) is 10.0. The molecule has 3 rings (SSSR count). The van der Waals surface area contributed by atoms with Crippen molar-refractivity contribution in [2.75, 3.05) is 4.72 Å². The fourth-order valence-electron chi connectivity index (χ4n) is 2.04. The fraction of sp³-hybridized carbons (Fsp3) is 0.0625. The van der Waals surface area contributed by atoms with Crippen LogP contribution >= 0.6 is 27.5 Å². The van der Waals surface area contributed by atoms with E-state index in [1.807, 2.05) is 0 Å². The van der Waals surface area contributed by atoms with Crippen LogP contribution in [0.3, 0.4) is 0 Å². The van der Waals surface area contributed by atoms with Crippen LogP contribution in [-0.4, -0.2) is 18.2 Å². The summed E-state index contributed by atoms with van der Waals surface area (Å²) in [6.45, 7) is -0.0225. The van der Waals surface area contributed by atoms with Gasteiger partial charge in [0.15, 0.2) is 6.73 Å². The van der Waals surface area contributed by atoms with Gasteiger partial charge in [-0.2, -0.15) is 5.10 Å². The zero-order valence-corrected chi connectivity index (χ0v) is 16.2. The van der Waals surface area contributed by atoms with E-state index < -0.39 is 15.8 Å². The molecule has 0 spiro atoms. The molecule has 0 fully saturated rings. The quantitative estimate of drug-likeness (QED) is 0.596. The Hall–Kier alpha value is -2.10. The molecule has 6 nitrogen and oxygen atoms in total. The van der Waals surface area contributed by atoms with Crippen LogP contribution in [0.1, 0.15) is 0 Å². The van der Waals surface area contributed by atoms with Gasteiger partial charge in [0.1, 0.15) is 11.6 Å². The molecule has 0 atom stereocenters. The van der Waals surface area contributed by atoms with Crippen LogP contribution in [0.25, 0.3) is 0 Å². The van der Waals surface area contributed by atoms with E-state index in [9.17, 15) is 12.8 Å². The van der Waals surface area contributed by atoms with Gasteiger partial charge >= 0.3 is 0 Å². The summed E-state index contributed by atoms with van der Waals surface area (Å²) in [5, 5.41) is 4.14. The Bertz CT molecular complexity index is 1030. The van der Waals surface area contributed by atoms with E-state index in [1.165, 1.54) is 41.3 Å². The highest BCUT2D eigenvalue weighted by Gasteiger charge is 2.15. The van der Waals surface area contributed by atoms with Crippen molar-refractivity contribution in [3.63, 3.8) is 0 Å². The summed E-state index contributed by atoms with van der Waals surface area (Å²) >= 11 is 9.13. The number of nitrogens with zero attached hydrogens (tertiary/aromatic N) is 2. The van der Waals surface area contributed by atoms with Crippen LogP contribution in [-0.2, 0) is 16.8 Å². The Morgan fingerprint density at radius 2 is 1.96 bits per heavy atom. The molecule has 0 unspecified atom stereocenters. The monoisotopic (exact) mass is 459 g/mol. The zero-order chi connectivity index (χ0) is 18.7. The number of hydrogen-bond donors (Lipinski definition) is 1. The van der Waals surface area contributed by atoms with Crippen molar-refractivity contribution in [1.29, 1.82) is 0 Å². The molecule has 0 saturated heterocycles. The zero-order valence-electron chi connectivity index (χ0n) is 13.1. The standard InChI is InChI=1S/C16H12BrClFN3O3S/c17-11-1-4-14(5-2-11)26(23,24)21-13-8-20-22(9-13)10-25-16-6-3-12(19)7-15(16)18/h1-9,21H,10H2. The van der Waals surface area contributed by atoms with E-state index in [-0.39, 0.29) is 22.3 Å². The Balaban J connectivity index is 1.67. The van der Waals surface area contributed by atoms with Gasteiger partial charge in [-0.05, 0) is 42.5 Å². The summed E-state index contributed by atoms with van der Waals surface area (Å²) < 4.78 is 47.7. The normalized spacial score (nSPS) is 11.3. The number of aromatic nitrogens is 2. The second-order valence-electron chi connectivity index (χ2n) is 5.18. The Labute approximate surface area is 162 Å². The molecule has 0 radical (unpaired) electrons. The van der Waals surface area contributed by atoms with E-state index in [4.69, 9.17) is 16.3 Å². The lowest BCUT2D eigenvalue weighted by atomic mass is 10.3. The first-order valence-corrected chi connectivity index (χ1v) is 9.87. The smallest absolute Gasteiger partial charge is 0.261 e. The first-order valence-electron chi connectivity index (χ1n) is 7.22. The maximum atomic E-state index is 13.0. The fourth-order valence-corrected chi connectivity index (χ4v) is 3.56. The minimum absolute atomic E-state index is 0.0225. The molecule has 136 valence electrons. The van der Waals surface area contributed by atoms with E-state index in [2.05, 4.69) is 25.8 Å². The predicted octanol–water partition coefficient (Wildman–Crippen LogP) is 4.28. The molecule has 0 amide bonds. The summed E-state index contributed by atoms with van der Waals surface area (Å²) in [5.74, 6) is -0.174. The third kappa shape index (κ3) is 4.54. The van der Waals surface area contributed by atoms with Gasteiger partial charge in [-0.3, -0.25) is 4.72 Å². The molecule has 1 N–H and O–H groups in total. The van der Waals surface area contributed by atoms with Gasteiger partial charge in [-0.1, -0.05) is 27.5 Å². The number of halogens is 3. The number of rotatable bonds is 6. The van der Waals surface area contributed by atoms with Crippen LogP contribution in [0.2, 0.25) is 5.02 Å². The summed E-state index contributed by atoms with van der Waals surface area (Å²) in [6.07, 6.45) is 2.82. The molecule has 1 aromatic heterocycles. The molecule has 26 heavy (non-hydrogen) atoms. The van der Waals surface area contributed by atoms with Gasteiger partial charge in [-0.25, -0.2) is 17.5 Å². The molecule has 0 aliphatic carbocycles. The van der Waals surface area contributed by atoms with Crippen LogP contribution in [0.4, 0.5) is 10.1 Å². The number of anilines is 1. The van der Waals surface area contributed by atoms with Crippen molar-refractivity contribution >= 4 is 43.2 Å². The molecular weight excluding hydrogens is 449 g/mol. The van der Waals surface area contributed by atoms with Crippen LogP contribution in [0.15, 0.2) is 64.2 Å². The average Bonchev–Trinajstić information content (AvgIpc) is 3.01. The van der Waals surface area contributed by atoms with Gasteiger partial charge in [0, 0.05) is 4.47 Å². The number of nitrogens with one attached hydrogen (secondary N) is 1. The van der Waals surface area contributed by atoms with Gasteiger partial charge in [0.2, 0.25) is 0 Å². The molecule has 1 heterocycles. The molecule has 0 aliphatic heterocycles. The third-order valence-corrected chi connectivity index (χ3v) is 5.48. The molecule has 10 heteroatoms. The summed E-state index contributed by atoms with van der Waals surface area (Å²) in [7, 11) is -3.72. The molecule has 0 saturated carbocycles. The minimum atomic E-state index is -3.72. The van der Waals surface area contributed by atoms with E-state index in [0.717, 1.165) is 10.5 Å². The van der Waals surface area contributed by atoms with Crippen molar-refractivity contribution in [3.8, 4) is 5.75 Å². The highest BCUT2D eigenvalue weighted by Crippen LogP contribution is 2.25. The average molecular weight is 461 g/mol. The summed E-state index contributed by atoms with van der Waals surface area (Å²) in [4.78, 5) is 0.128. The minimum Gasteiger partial charge on any atom is -0.470 e. The summed E-state index contributed by atoms with van der Waals surface area (Å²) in [5.41, 5.74) is 0.279. The number of benzene rings is 2. The topological polar surface area (TPSA) is 73.2 Å². The van der Waals surface area contributed by atoms with Gasteiger partial charge in [0.05, 0.1) is 28.0 Å². The van der Waals surface area contributed by atoms with E-state index in [0.29, 0.717) is 5.75 Å².